The van der Waals surface area contributed by atoms with Crippen LogP contribution in [0.2, 0.25) is 0 Å². The number of hydrogen-bond acceptors (Lipinski definition) is 1. The molecule has 0 aliphatic rings. The van der Waals surface area contributed by atoms with Gasteiger partial charge in [0.15, 0.2) is 0 Å². The number of hydrogen-bond donors (Lipinski definition) is 0. The molecule has 0 amide bonds. The van der Waals surface area contributed by atoms with E-state index in [1.807, 2.05) is 54.8 Å². The molecule has 0 saturated heterocycles. The van der Waals surface area contributed by atoms with Crippen molar-refractivity contribution < 1.29 is 0 Å². The van der Waals surface area contributed by atoms with Crippen LogP contribution < -0.4 is 0 Å². The monoisotopic (exact) mass is 207 g/mol. The SMILES string of the molecule is C(=C/c1cccnc1)/C=C/c1ccccc1. The topological polar surface area (TPSA) is 12.9 Å². The molecule has 78 valence electrons. The van der Waals surface area contributed by atoms with Crippen LogP contribution in [-0.4, -0.2) is 4.98 Å². The summed E-state index contributed by atoms with van der Waals surface area (Å²) in [5, 5.41) is 0. The quantitative estimate of drug-likeness (QED) is 0.697. The van der Waals surface area contributed by atoms with Crippen molar-refractivity contribution in [3.8, 4) is 0 Å². The van der Waals surface area contributed by atoms with Crippen LogP contribution in [0, 0.1) is 0 Å². The summed E-state index contributed by atoms with van der Waals surface area (Å²) in [5.41, 5.74) is 2.32. The van der Waals surface area contributed by atoms with Crippen molar-refractivity contribution in [2.24, 2.45) is 0 Å². The molecule has 1 nitrogen and oxygen atoms in total. The Morgan fingerprint density at radius 3 is 2.12 bits per heavy atom. The largest absolute Gasteiger partial charge is 0.264 e. The maximum atomic E-state index is 4.05. The van der Waals surface area contributed by atoms with Crippen LogP contribution in [0.25, 0.3) is 12.2 Å². The smallest absolute Gasteiger partial charge is 0.0340 e. The first-order valence-electron chi connectivity index (χ1n) is 5.25. The number of allylic oxidation sites excluding steroid dienone is 2. The van der Waals surface area contributed by atoms with Crippen molar-refractivity contribution >= 4 is 12.2 Å². The van der Waals surface area contributed by atoms with Gasteiger partial charge in [-0.15, -0.1) is 0 Å². The summed E-state index contributed by atoms with van der Waals surface area (Å²) in [6.07, 6.45) is 11.8. The highest BCUT2D eigenvalue weighted by atomic mass is 14.6. The van der Waals surface area contributed by atoms with Crippen LogP contribution in [0.4, 0.5) is 0 Å². The van der Waals surface area contributed by atoms with Gasteiger partial charge in [-0.1, -0.05) is 60.7 Å². The molecule has 1 aromatic heterocycles. The van der Waals surface area contributed by atoms with E-state index in [2.05, 4.69) is 23.2 Å². The molecule has 0 aliphatic carbocycles. The molecular weight excluding hydrogens is 194 g/mol. The number of nitrogens with zero attached hydrogens (tertiary/aromatic N) is 1. The number of benzene rings is 1. The fraction of sp³-hybridized carbons (Fsp3) is 0. The van der Waals surface area contributed by atoms with E-state index in [0.29, 0.717) is 0 Å². The summed E-state index contributed by atoms with van der Waals surface area (Å²) in [6, 6.07) is 14.2. The molecule has 0 fully saturated rings. The van der Waals surface area contributed by atoms with E-state index in [4.69, 9.17) is 0 Å². The molecule has 0 atom stereocenters. The normalized spacial score (nSPS) is 11.2. The van der Waals surface area contributed by atoms with Crippen LogP contribution in [0.5, 0.6) is 0 Å². The van der Waals surface area contributed by atoms with Gasteiger partial charge in [-0.05, 0) is 17.2 Å². The summed E-state index contributed by atoms with van der Waals surface area (Å²) in [6.45, 7) is 0. The zero-order chi connectivity index (χ0) is 11.1. The van der Waals surface area contributed by atoms with Gasteiger partial charge >= 0.3 is 0 Å². The van der Waals surface area contributed by atoms with Gasteiger partial charge in [0.05, 0.1) is 0 Å². The molecular formula is C15H13N. The molecule has 0 saturated carbocycles. The van der Waals surface area contributed by atoms with Crippen LogP contribution >= 0.6 is 0 Å². The maximum absolute atomic E-state index is 4.05. The predicted molar refractivity (Wildman–Crippen MR) is 68.7 cm³/mol. The zero-order valence-corrected chi connectivity index (χ0v) is 8.95. The van der Waals surface area contributed by atoms with Crippen LogP contribution in [0.15, 0.2) is 67.0 Å². The van der Waals surface area contributed by atoms with Crippen molar-refractivity contribution in [1.82, 2.24) is 4.98 Å². The Kier molecular flexibility index (Phi) is 3.67. The second-order valence-electron chi connectivity index (χ2n) is 3.42. The summed E-state index contributed by atoms with van der Waals surface area (Å²) >= 11 is 0. The van der Waals surface area contributed by atoms with Crippen LogP contribution in [-0.2, 0) is 0 Å². The van der Waals surface area contributed by atoms with Crippen LogP contribution in [0.1, 0.15) is 11.1 Å². The minimum absolute atomic E-state index is 1.11. The van der Waals surface area contributed by atoms with E-state index in [9.17, 15) is 0 Å². The number of aromatic nitrogens is 1. The first-order valence-corrected chi connectivity index (χ1v) is 5.25. The highest BCUT2D eigenvalue weighted by Crippen LogP contribution is 2.02. The van der Waals surface area contributed by atoms with E-state index >= 15 is 0 Å². The van der Waals surface area contributed by atoms with Gasteiger partial charge in [-0.3, -0.25) is 4.98 Å². The Balaban J connectivity index is 1.98. The average Bonchev–Trinajstić information content (AvgIpc) is 2.37. The summed E-state index contributed by atoms with van der Waals surface area (Å²) in [5.74, 6) is 0. The maximum Gasteiger partial charge on any atom is 0.0340 e. The fourth-order valence-corrected chi connectivity index (χ4v) is 1.37. The molecule has 0 bridgehead atoms. The molecule has 0 N–H and O–H groups in total. The minimum atomic E-state index is 1.11. The van der Waals surface area contributed by atoms with Gasteiger partial charge in [0, 0.05) is 12.4 Å². The minimum Gasteiger partial charge on any atom is -0.264 e. The summed E-state index contributed by atoms with van der Waals surface area (Å²) in [7, 11) is 0. The molecule has 0 radical (unpaired) electrons. The van der Waals surface area contributed by atoms with Gasteiger partial charge in [-0.25, -0.2) is 0 Å². The lowest BCUT2D eigenvalue weighted by Crippen LogP contribution is -1.72. The van der Waals surface area contributed by atoms with E-state index in [-0.39, 0.29) is 0 Å². The molecule has 16 heavy (non-hydrogen) atoms. The second-order valence-corrected chi connectivity index (χ2v) is 3.42. The van der Waals surface area contributed by atoms with Gasteiger partial charge in [0.1, 0.15) is 0 Å². The van der Waals surface area contributed by atoms with E-state index in [0.717, 1.165) is 5.56 Å². The van der Waals surface area contributed by atoms with Crippen LogP contribution in [0.3, 0.4) is 0 Å². The Morgan fingerprint density at radius 2 is 1.44 bits per heavy atom. The highest BCUT2D eigenvalue weighted by molar-refractivity contribution is 5.56. The predicted octanol–water partition coefficient (Wildman–Crippen LogP) is 3.81. The van der Waals surface area contributed by atoms with E-state index in [1.54, 1.807) is 6.20 Å². The van der Waals surface area contributed by atoms with Gasteiger partial charge in [0.2, 0.25) is 0 Å². The van der Waals surface area contributed by atoms with Crippen molar-refractivity contribution in [3.05, 3.63) is 78.1 Å². The molecule has 0 spiro atoms. The van der Waals surface area contributed by atoms with Crippen molar-refractivity contribution in [1.29, 1.82) is 0 Å². The lowest BCUT2D eigenvalue weighted by molar-refractivity contribution is 1.32. The Labute approximate surface area is 95.8 Å². The molecule has 2 aromatic rings. The van der Waals surface area contributed by atoms with Crippen molar-refractivity contribution in [2.45, 2.75) is 0 Å². The molecule has 1 heterocycles. The highest BCUT2D eigenvalue weighted by Gasteiger charge is 1.82. The first-order chi connectivity index (χ1) is 7.95. The third-order valence-corrected chi connectivity index (χ3v) is 2.17. The Bertz CT molecular complexity index is 422. The lowest BCUT2D eigenvalue weighted by Gasteiger charge is -1.89. The average molecular weight is 207 g/mol. The van der Waals surface area contributed by atoms with E-state index < -0.39 is 0 Å². The molecule has 0 unspecified atom stereocenters. The molecule has 2 rings (SSSR count). The van der Waals surface area contributed by atoms with Gasteiger partial charge < -0.3 is 0 Å². The zero-order valence-electron chi connectivity index (χ0n) is 8.95. The van der Waals surface area contributed by atoms with Crippen molar-refractivity contribution in [2.75, 3.05) is 0 Å². The Hall–Kier alpha value is -2.15. The standard InChI is InChI=1S/C15H13N/c1-2-7-14(8-3-1)9-4-5-10-15-11-6-12-16-13-15/h1-13H/b9-4+,10-5-. The van der Waals surface area contributed by atoms with Crippen molar-refractivity contribution in [3.63, 3.8) is 0 Å². The van der Waals surface area contributed by atoms with E-state index in [1.165, 1.54) is 5.56 Å². The summed E-state index contributed by atoms with van der Waals surface area (Å²) < 4.78 is 0. The number of pyridine rings is 1. The fourth-order valence-electron chi connectivity index (χ4n) is 1.37. The Morgan fingerprint density at radius 1 is 0.750 bits per heavy atom. The lowest BCUT2D eigenvalue weighted by atomic mass is 10.2. The summed E-state index contributed by atoms with van der Waals surface area (Å²) in [4.78, 5) is 4.05. The second kappa shape index (κ2) is 5.66. The molecule has 0 aliphatic heterocycles. The third-order valence-electron chi connectivity index (χ3n) is 2.17. The van der Waals surface area contributed by atoms with Gasteiger partial charge in [-0.2, -0.15) is 0 Å². The third kappa shape index (κ3) is 3.21. The molecule has 1 aromatic carbocycles. The number of rotatable bonds is 3. The first kappa shape index (κ1) is 10.4. The molecule has 1 heteroatoms. The van der Waals surface area contributed by atoms with Gasteiger partial charge in [0.25, 0.3) is 0 Å².